The Labute approximate surface area is 157 Å². The summed E-state index contributed by atoms with van der Waals surface area (Å²) in [5.74, 6) is -0.912. The van der Waals surface area contributed by atoms with Crippen LogP contribution in [0.3, 0.4) is 0 Å². The van der Waals surface area contributed by atoms with Crippen LogP contribution in [0.1, 0.15) is 23.6 Å². The van der Waals surface area contributed by atoms with Crippen molar-refractivity contribution in [2.75, 3.05) is 0 Å². The minimum atomic E-state index is -0.912. The van der Waals surface area contributed by atoms with Crippen molar-refractivity contribution in [3.63, 3.8) is 0 Å². The van der Waals surface area contributed by atoms with Gasteiger partial charge >= 0.3 is 5.97 Å². The van der Waals surface area contributed by atoms with Crippen molar-refractivity contribution in [2.24, 2.45) is 0 Å². The van der Waals surface area contributed by atoms with Gasteiger partial charge in [0, 0.05) is 27.4 Å². The molecule has 0 radical (unpaired) electrons. The quantitative estimate of drug-likeness (QED) is 0.350. The number of rotatable bonds is 4. The zero-order valence-electron chi connectivity index (χ0n) is 14.9. The van der Waals surface area contributed by atoms with Crippen molar-refractivity contribution < 1.29 is 9.90 Å². The molecule has 1 aromatic heterocycles. The third-order valence-electron chi connectivity index (χ3n) is 4.71. The largest absolute Gasteiger partial charge is 0.478 e. The molecule has 4 aromatic rings. The van der Waals surface area contributed by atoms with Crippen LogP contribution in [0.5, 0.6) is 0 Å². The first-order chi connectivity index (χ1) is 13.1. The Bertz CT molecular complexity index is 1200. The van der Waals surface area contributed by atoms with Crippen LogP contribution < -0.4 is 0 Å². The fraction of sp³-hybridized carbons (Fsp3) is 0.0417. The van der Waals surface area contributed by atoms with E-state index in [0.717, 1.165) is 38.5 Å². The molecule has 0 amide bonds. The van der Waals surface area contributed by atoms with Gasteiger partial charge in [-0.25, -0.2) is 4.79 Å². The van der Waals surface area contributed by atoms with Gasteiger partial charge in [-0.1, -0.05) is 72.8 Å². The molecule has 0 aliphatic heterocycles. The van der Waals surface area contributed by atoms with Crippen LogP contribution >= 0.6 is 0 Å². The van der Waals surface area contributed by atoms with Crippen molar-refractivity contribution >= 4 is 46.0 Å². The third kappa shape index (κ3) is 3.27. The molecule has 3 heteroatoms. The van der Waals surface area contributed by atoms with Crippen LogP contribution in [0.15, 0.2) is 72.3 Å². The summed E-state index contributed by atoms with van der Waals surface area (Å²) in [7, 11) is 0. The lowest BCUT2D eigenvalue weighted by Gasteiger charge is -2.05. The summed E-state index contributed by atoms with van der Waals surface area (Å²) < 4.78 is 0. The molecule has 27 heavy (non-hydrogen) atoms. The molecular formula is C24H19NO2. The maximum absolute atomic E-state index is 11.3. The van der Waals surface area contributed by atoms with E-state index < -0.39 is 5.97 Å². The van der Waals surface area contributed by atoms with Gasteiger partial charge in [0.15, 0.2) is 0 Å². The van der Waals surface area contributed by atoms with Crippen molar-refractivity contribution in [3.05, 3.63) is 89.0 Å². The van der Waals surface area contributed by atoms with E-state index >= 15 is 0 Å². The lowest BCUT2D eigenvalue weighted by Crippen LogP contribution is -1.96. The number of aromatic amines is 1. The molecule has 3 aromatic carbocycles. The SMILES string of the molecule is CC(=Cc1ccc2c([nH]c3ccccc32)c1C=Cc1ccccc1)C(=O)O. The summed E-state index contributed by atoms with van der Waals surface area (Å²) in [5, 5.41) is 11.6. The number of hydrogen-bond donors (Lipinski definition) is 2. The van der Waals surface area contributed by atoms with Crippen LogP contribution in [0.2, 0.25) is 0 Å². The highest BCUT2D eigenvalue weighted by atomic mass is 16.4. The molecular weight excluding hydrogens is 334 g/mol. The van der Waals surface area contributed by atoms with Crippen LogP contribution in [-0.2, 0) is 4.79 Å². The highest BCUT2D eigenvalue weighted by Crippen LogP contribution is 2.31. The summed E-state index contributed by atoms with van der Waals surface area (Å²) >= 11 is 0. The van der Waals surface area contributed by atoms with Crippen LogP contribution in [0.25, 0.3) is 40.0 Å². The fourth-order valence-corrected chi connectivity index (χ4v) is 3.30. The number of aliphatic carboxylic acids is 1. The Morgan fingerprint density at radius 2 is 1.63 bits per heavy atom. The first-order valence-corrected chi connectivity index (χ1v) is 8.81. The molecule has 3 nitrogen and oxygen atoms in total. The molecule has 0 fully saturated rings. The Hall–Kier alpha value is -3.59. The standard InChI is InChI=1S/C24H19NO2/c1-16(24(26)27)15-18-12-14-21-20-9-5-6-10-22(20)25-23(21)19(18)13-11-17-7-3-2-4-8-17/h2-15,25H,1H3,(H,26,27). The summed E-state index contributed by atoms with van der Waals surface area (Å²) in [6.45, 7) is 1.61. The molecule has 0 aliphatic carbocycles. The summed E-state index contributed by atoms with van der Waals surface area (Å²) in [6.07, 6.45) is 5.82. The predicted molar refractivity (Wildman–Crippen MR) is 112 cm³/mol. The number of aromatic nitrogens is 1. The number of carbonyl (C=O) groups is 1. The molecule has 4 rings (SSSR count). The van der Waals surface area contributed by atoms with Gasteiger partial charge in [-0.15, -0.1) is 0 Å². The van der Waals surface area contributed by atoms with Gasteiger partial charge in [0.05, 0.1) is 5.52 Å². The van der Waals surface area contributed by atoms with Crippen molar-refractivity contribution in [1.82, 2.24) is 4.98 Å². The summed E-state index contributed by atoms with van der Waals surface area (Å²) in [6, 6.07) is 22.3. The lowest BCUT2D eigenvalue weighted by atomic mass is 9.99. The molecule has 132 valence electrons. The van der Waals surface area contributed by atoms with E-state index in [-0.39, 0.29) is 0 Å². The Morgan fingerprint density at radius 3 is 2.41 bits per heavy atom. The van der Waals surface area contributed by atoms with Crippen molar-refractivity contribution in [3.8, 4) is 0 Å². The van der Waals surface area contributed by atoms with Crippen LogP contribution in [-0.4, -0.2) is 16.1 Å². The van der Waals surface area contributed by atoms with Gasteiger partial charge < -0.3 is 10.1 Å². The Balaban J connectivity index is 1.96. The number of H-pyrrole nitrogens is 1. The van der Waals surface area contributed by atoms with Crippen LogP contribution in [0, 0.1) is 0 Å². The molecule has 0 atom stereocenters. The fourth-order valence-electron chi connectivity index (χ4n) is 3.30. The van der Waals surface area contributed by atoms with Gasteiger partial charge in [-0.2, -0.15) is 0 Å². The molecule has 0 spiro atoms. The summed E-state index contributed by atoms with van der Waals surface area (Å²) in [4.78, 5) is 14.8. The normalized spacial score (nSPS) is 12.3. The van der Waals surface area contributed by atoms with Gasteiger partial charge in [0.1, 0.15) is 0 Å². The van der Waals surface area contributed by atoms with E-state index in [9.17, 15) is 9.90 Å². The van der Waals surface area contributed by atoms with Gasteiger partial charge in [-0.05, 0) is 30.2 Å². The monoisotopic (exact) mass is 353 g/mol. The molecule has 0 unspecified atom stereocenters. The van der Waals surface area contributed by atoms with Crippen LogP contribution in [0.4, 0.5) is 0 Å². The smallest absolute Gasteiger partial charge is 0.331 e. The van der Waals surface area contributed by atoms with E-state index in [1.54, 1.807) is 13.0 Å². The van der Waals surface area contributed by atoms with E-state index in [2.05, 4.69) is 23.2 Å². The summed E-state index contributed by atoms with van der Waals surface area (Å²) in [5.41, 5.74) is 5.33. The van der Waals surface area contributed by atoms with E-state index in [1.165, 1.54) is 0 Å². The molecule has 0 saturated heterocycles. The number of nitrogens with one attached hydrogen (secondary N) is 1. The number of hydrogen-bond acceptors (Lipinski definition) is 1. The van der Waals surface area contributed by atoms with E-state index in [0.29, 0.717) is 5.57 Å². The zero-order chi connectivity index (χ0) is 18.8. The second-order valence-corrected chi connectivity index (χ2v) is 6.54. The van der Waals surface area contributed by atoms with Crippen molar-refractivity contribution in [2.45, 2.75) is 6.92 Å². The first-order valence-electron chi connectivity index (χ1n) is 8.81. The molecule has 0 bridgehead atoms. The number of benzene rings is 3. The average molecular weight is 353 g/mol. The van der Waals surface area contributed by atoms with Gasteiger partial charge in [-0.3, -0.25) is 0 Å². The minimum absolute atomic E-state index is 0.305. The zero-order valence-corrected chi connectivity index (χ0v) is 14.9. The van der Waals surface area contributed by atoms with Gasteiger partial charge in [0.25, 0.3) is 0 Å². The van der Waals surface area contributed by atoms with Gasteiger partial charge in [0.2, 0.25) is 0 Å². The molecule has 0 aliphatic rings. The number of fused-ring (bicyclic) bond motifs is 3. The predicted octanol–water partition coefficient (Wildman–Crippen LogP) is 5.98. The maximum Gasteiger partial charge on any atom is 0.331 e. The number of carboxylic acids is 1. The maximum atomic E-state index is 11.3. The number of para-hydroxylation sites is 1. The van der Waals surface area contributed by atoms with E-state index in [4.69, 9.17) is 0 Å². The highest BCUT2D eigenvalue weighted by Gasteiger charge is 2.11. The topological polar surface area (TPSA) is 53.1 Å². The molecule has 1 heterocycles. The second-order valence-electron chi connectivity index (χ2n) is 6.54. The second kappa shape index (κ2) is 6.96. The molecule has 0 saturated carbocycles. The van der Waals surface area contributed by atoms with Crippen molar-refractivity contribution in [1.29, 1.82) is 0 Å². The Kier molecular flexibility index (Phi) is 4.35. The van der Waals surface area contributed by atoms with E-state index in [1.807, 2.05) is 60.7 Å². The lowest BCUT2D eigenvalue weighted by molar-refractivity contribution is -0.132. The highest BCUT2D eigenvalue weighted by molar-refractivity contribution is 6.11. The third-order valence-corrected chi connectivity index (χ3v) is 4.71. The first kappa shape index (κ1) is 16.9. The number of carboxylic acid groups (broad SMARTS) is 1. The Morgan fingerprint density at radius 1 is 0.889 bits per heavy atom. The average Bonchev–Trinajstić information content (AvgIpc) is 3.06. The molecule has 2 N–H and O–H groups in total. The minimum Gasteiger partial charge on any atom is -0.478 e.